The molecule has 1 aromatic heterocycles. The molecule has 0 spiro atoms. The summed E-state index contributed by atoms with van der Waals surface area (Å²) in [4.78, 5) is 6.33. The van der Waals surface area contributed by atoms with Gasteiger partial charge in [0.05, 0.1) is 26.4 Å². The third-order valence-electron chi connectivity index (χ3n) is 5.88. The molecule has 3 aromatic rings. The Balaban J connectivity index is 1.51. The van der Waals surface area contributed by atoms with Gasteiger partial charge in [-0.25, -0.2) is 13.4 Å². The van der Waals surface area contributed by atoms with Crippen molar-refractivity contribution in [2.24, 2.45) is 0 Å². The summed E-state index contributed by atoms with van der Waals surface area (Å²) >= 11 is 7.49. The van der Waals surface area contributed by atoms with Crippen molar-refractivity contribution < 1.29 is 21.6 Å². The number of sulfone groups is 1. The number of hydrogen-bond acceptors (Lipinski definition) is 5. The van der Waals surface area contributed by atoms with Crippen LogP contribution < -0.4 is 4.90 Å². The first-order valence-electron chi connectivity index (χ1n) is 10.4. The third kappa shape index (κ3) is 4.90. The molecule has 0 aliphatic carbocycles. The maximum absolute atomic E-state index is 13.1. The molecule has 1 aliphatic heterocycles. The highest BCUT2D eigenvalue weighted by atomic mass is 35.5. The fourth-order valence-electron chi connectivity index (χ4n) is 3.98. The van der Waals surface area contributed by atoms with Crippen LogP contribution in [0.5, 0.6) is 0 Å². The fourth-order valence-corrected chi connectivity index (χ4v) is 7.12. The molecule has 0 bridgehead atoms. The maximum atomic E-state index is 13.1. The smallest absolute Gasteiger partial charge is 0.348 e. The summed E-state index contributed by atoms with van der Waals surface area (Å²) in [5.74, 6) is 0. The van der Waals surface area contributed by atoms with Crippen molar-refractivity contribution in [1.29, 1.82) is 0 Å². The molecular formula is C23H22ClF3N2O2S2. The van der Waals surface area contributed by atoms with E-state index in [9.17, 15) is 21.6 Å². The molecule has 0 atom stereocenters. The standard InChI is InChI=1S/C23H22ClF3N2O2S2/c1-14-3-4-15(2)18(11-14)20-13-32-22(28-20)29-9-7-17(8-10-29)33(30,31)21-12-16(23(25,26)27)5-6-19(21)24/h3-6,11-13,17H,7-10H2,1-2H3. The number of piperidine rings is 1. The highest BCUT2D eigenvalue weighted by Gasteiger charge is 2.37. The lowest BCUT2D eigenvalue weighted by atomic mass is 10.0. The van der Waals surface area contributed by atoms with Gasteiger partial charge in [0, 0.05) is 24.0 Å². The fraction of sp³-hybridized carbons (Fsp3) is 0.348. The largest absolute Gasteiger partial charge is 0.416 e. The zero-order valence-electron chi connectivity index (χ0n) is 18.0. The Morgan fingerprint density at radius 2 is 1.79 bits per heavy atom. The predicted molar refractivity (Wildman–Crippen MR) is 126 cm³/mol. The number of aryl methyl sites for hydroxylation is 2. The van der Waals surface area contributed by atoms with E-state index in [0.29, 0.717) is 19.2 Å². The molecule has 2 aromatic carbocycles. The lowest BCUT2D eigenvalue weighted by Gasteiger charge is -2.31. The number of rotatable bonds is 4. The number of aromatic nitrogens is 1. The lowest BCUT2D eigenvalue weighted by molar-refractivity contribution is -0.137. The SMILES string of the molecule is Cc1ccc(C)c(-c2csc(N3CCC(S(=O)(=O)c4cc(C(F)(F)F)ccc4Cl)CC3)n2)c1. The number of nitrogens with zero attached hydrogens (tertiary/aromatic N) is 2. The number of thiazole rings is 1. The van der Waals surface area contributed by atoms with Gasteiger partial charge in [-0.05, 0) is 56.5 Å². The van der Waals surface area contributed by atoms with Crippen LogP contribution in [0.25, 0.3) is 11.3 Å². The van der Waals surface area contributed by atoms with Gasteiger partial charge in [-0.15, -0.1) is 11.3 Å². The zero-order valence-corrected chi connectivity index (χ0v) is 20.4. The molecule has 0 amide bonds. The van der Waals surface area contributed by atoms with Gasteiger partial charge in [0.2, 0.25) is 0 Å². The highest BCUT2D eigenvalue weighted by Crippen LogP contribution is 2.37. The van der Waals surface area contributed by atoms with Gasteiger partial charge in [0.15, 0.2) is 15.0 Å². The monoisotopic (exact) mass is 514 g/mol. The molecule has 10 heteroatoms. The Kier molecular flexibility index (Phi) is 6.50. The van der Waals surface area contributed by atoms with Crippen molar-refractivity contribution in [3.63, 3.8) is 0 Å². The van der Waals surface area contributed by atoms with Gasteiger partial charge in [-0.1, -0.05) is 29.3 Å². The first-order valence-corrected chi connectivity index (χ1v) is 13.2. The van der Waals surface area contributed by atoms with Crippen molar-refractivity contribution in [3.05, 3.63) is 63.5 Å². The molecule has 0 radical (unpaired) electrons. The first kappa shape index (κ1) is 24.0. The second kappa shape index (κ2) is 8.92. The van der Waals surface area contributed by atoms with Crippen molar-refractivity contribution in [1.82, 2.24) is 4.98 Å². The Labute approximate surface area is 200 Å². The van der Waals surface area contributed by atoms with Gasteiger partial charge in [-0.3, -0.25) is 0 Å². The maximum Gasteiger partial charge on any atom is 0.416 e. The van der Waals surface area contributed by atoms with E-state index in [0.717, 1.165) is 39.6 Å². The van der Waals surface area contributed by atoms with Crippen LogP contribution >= 0.6 is 22.9 Å². The summed E-state index contributed by atoms with van der Waals surface area (Å²) in [5.41, 5.74) is 3.19. The second-order valence-corrected chi connectivity index (χ2v) is 11.6. The number of anilines is 1. The van der Waals surface area contributed by atoms with Crippen LogP contribution in [0.4, 0.5) is 18.3 Å². The van der Waals surface area contributed by atoms with E-state index in [1.54, 1.807) is 0 Å². The van der Waals surface area contributed by atoms with E-state index in [4.69, 9.17) is 16.6 Å². The number of alkyl halides is 3. The molecular weight excluding hydrogens is 493 g/mol. The van der Waals surface area contributed by atoms with E-state index in [-0.39, 0.29) is 17.9 Å². The molecule has 0 saturated carbocycles. The molecule has 4 nitrogen and oxygen atoms in total. The highest BCUT2D eigenvalue weighted by molar-refractivity contribution is 7.92. The van der Waals surface area contributed by atoms with E-state index in [1.807, 2.05) is 30.2 Å². The summed E-state index contributed by atoms with van der Waals surface area (Å²) < 4.78 is 65.5. The minimum atomic E-state index is -4.64. The summed E-state index contributed by atoms with van der Waals surface area (Å²) in [5, 5.41) is 1.80. The van der Waals surface area contributed by atoms with Crippen LogP contribution in [-0.4, -0.2) is 31.7 Å². The lowest BCUT2D eigenvalue weighted by Crippen LogP contribution is -2.39. The normalized spacial score (nSPS) is 15.8. The Morgan fingerprint density at radius 3 is 2.45 bits per heavy atom. The van der Waals surface area contributed by atoms with Crippen LogP contribution in [-0.2, 0) is 16.0 Å². The average molecular weight is 515 g/mol. The molecule has 0 unspecified atom stereocenters. The summed E-state index contributed by atoms with van der Waals surface area (Å²) in [6.07, 6.45) is -4.07. The summed E-state index contributed by atoms with van der Waals surface area (Å²) in [6, 6.07) is 8.62. The Bertz CT molecular complexity index is 1280. The molecule has 1 fully saturated rings. The van der Waals surface area contributed by atoms with Crippen LogP contribution in [0.2, 0.25) is 5.02 Å². The molecule has 0 N–H and O–H groups in total. The molecule has 4 rings (SSSR count). The van der Waals surface area contributed by atoms with Crippen molar-refractivity contribution in [3.8, 4) is 11.3 Å². The summed E-state index contributed by atoms with van der Waals surface area (Å²) in [6.45, 7) is 4.95. The average Bonchev–Trinajstić information content (AvgIpc) is 3.25. The number of benzene rings is 2. The van der Waals surface area contributed by atoms with Gasteiger partial charge in [-0.2, -0.15) is 13.2 Å². The van der Waals surface area contributed by atoms with Crippen LogP contribution in [0, 0.1) is 13.8 Å². The van der Waals surface area contributed by atoms with Crippen LogP contribution in [0.3, 0.4) is 0 Å². The predicted octanol–water partition coefficient (Wildman–Crippen LogP) is 6.54. The van der Waals surface area contributed by atoms with E-state index in [1.165, 1.54) is 11.3 Å². The second-order valence-electron chi connectivity index (χ2n) is 8.21. The minimum Gasteiger partial charge on any atom is -0.348 e. The summed E-state index contributed by atoms with van der Waals surface area (Å²) in [7, 11) is -4.00. The zero-order chi connectivity index (χ0) is 24.0. The Morgan fingerprint density at radius 1 is 1.09 bits per heavy atom. The van der Waals surface area contributed by atoms with E-state index in [2.05, 4.69) is 12.1 Å². The quantitative estimate of drug-likeness (QED) is 0.396. The molecule has 33 heavy (non-hydrogen) atoms. The van der Waals surface area contributed by atoms with Gasteiger partial charge in [0.25, 0.3) is 0 Å². The number of halogens is 4. The van der Waals surface area contributed by atoms with Crippen LogP contribution in [0.1, 0.15) is 29.5 Å². The Hall–Kier alpha value is -2.10. The topological polar surface area (TPSA) is 50.3 Å². The molecule has 1 saturated heterocycles. The minimum absolute atomic E-state index is 0.191. The van der Waals surface area contributed by atoms with Crippen molar-refractivity contribution in [2.75, 3.05) is 18.0 Å². The van der Waals surface area contributed by atoms with E-state index >= 15 is 0 Å². The van der Waals surface area contributed by atoms with Gasteiger partial charge in [0.1, 0.15) is 0 Å². The van der Waals surface area contributed by atoms with E-state index < -0.39 is 31.7 Å². The van der Waals surface area contributed by atoms with Crippen molar-refractivity contribution in [2.45, 2.75) is 43.0 Å². The molecule has 1 aliphatic rings. The molecule has 176 valence electrons. The number of hydrogen-bond donors (Lipinski definition) is 0. The van der Waals surface area contributed by atoms with Gasteiger partial charge >= 0.3 is 6.18 Å². The third-order valence-corrected chi connectivity index (χ3v) is 9.52. The van der Waals surface area contributed by atoms with Crippen molar-refractivity contribution >= 4 is 37.9 Å². The first-order chi connectivity index (χ1) is 15.5. The van der Waals surface area contributed by atoms with Gasteiger partial charge < -0.3 is 4.90 Å². The van der Waals surface area contributed by atoms with Crippen LogP contribution in [0.15, 0.2) is 46.7 Å². The molecule has 2 heterocycles.